The molecule has 0 atom stereocenters. The quantitative estimate of drug-likeness (QED) is 0.792. The summed E-state index contributed by atoms with van der Waals surface area (Å²) in [6.07, 6.45) is 3.68. The number of hydrogen-bond acceptors (Lipinski definition) is 1. The molecular weight excluding hydrogens is 227 g/mol. The summed E-state index contributed by atoms with van der Waals surface area (Å²) in [6.45, 7) is 0.666. The molecule has 1 saturated carbocycles. The zero-order valence-corrected chi connectivity index (χ0v) is 9.56. The van der Waals surface area contributed by atoms with Gasteiger partial charge in [0.25, 0.3) is 0 Å². The molecule has 1 aliphatic rings. The molecule has 2 rings (SSSR count). The summed E-state index contributed by atoms with van der Waals surface area (Å²) in [5.41, 5.74) is 6.15. The van der Waals surface area contributed by atoms with Crippen LogP contribution < -0.4 is 5.73 Å². The summed E-state index contributed by atoms with van der Waals surface area (Å²) in [6, 6.07) is 2.23. The van der Waals surface area contributed by atoms with Crippen molar-refractivity contribution in [3.8, 4) is 0 Å². The van der Waals surface area contributed by atoms with Crippen molar-refractivity contribution >= 4 is 0 Å². The van der Waals surface area contributed by atoms with Crippen molar-refractivity contribution in [1.29, 1.82) is 0 Å². The number of benzene rings is 1. The Morgan fingerprint density at radius 1 is 1.00 bits per heavy atom. The van der Waals surface area contributed by atoms with Crippen LogP contribution >= 0.6 is 0 Å². The van der Waals surface area contributed by atoms with Crippen LogP contribution in [0.3, 0.4) is 0 Å². The first kappa shape index (κ1) is 12.4. The van der Waals surface area contributed by atoms with Crippen LogP contribution in [0.15, 0.2) is 12.1 Å². The zero-order chi connectivity index (χ0) is 12.4. The zero-order valence-electron chi connectivity index (χ0n) is 9.56. The Hall–Kier alpha value is -1.03. The minimum Gasteiger partial charge on any atom is -0.330 e. The van der Waals surface area contributed by atoms with Gasteiger partial charge in [0.15, 0.2) is 17.5 Å². The van der Waals surface area contributed by atoms with Crippen LogP contribution in [0.25, 0.3) is 0 Å². The Morgan fingerprint density at radius 2 is 1.53 bits per heavy atom. The predicted octanol–water partition coefficient (Wildman–Crippen LogP) is 3.34. The van der Waals surface area contributed by atoms with Crippen LogP contribution in [0.5, 0.6) is 0 Å². The molecule has 17 heavy (non-hydrogen) atoms. The van der Waals surface area contributed by atoms with Gasteiger partial charge in [-0.15, -0.1) is 0 Å². The van der Waals surface area contributed by atoms with E-state index in [2.05, 4.69) is 0 Å². The lowest BCUT2D eigenvalue weighted by Crippen LogP contribution is -2.20. The third kappa shape index (κ3) is 2.63. The van der Waals surface area contributed by atoms with Gasteiger partial charge in [0.05, 0.1) is 0 Å². The van der Waals surface area contributed by atoms with E-state index in [9.17, 15) is 13.2 Å². The van der Waals surface area contributed by atoms with Crippen molar-refractivity contribution < 1.29 is 13.2 Å². The lowest BCUT2D eigenvalue weighted by molar-refractivity contribution is 0.330. The van der Waals surface area contributed by atoms with E-state index in [1.54, 1.807) is 0 Å². The van der Waals surface area contributed by atoms with E-state index in [4.69, 9.17) is 5.73 Å². The van der Waals surface area contributed by atoms with E-state index in [0.29, 0.717) is 18.0 Å². The Balaban J connectivity index is 2.13. The molecule has 0 spiro atoms. The Kier molecular flexibility index (Phi) is 3.72. The van der Waals surface area contributed by atoms with Crippen LogP contribution in [0.2, 0.25) is 0 Å². The number of rotatable bonds is 2. The van der Waals surface area contributed by atoms with Gasteiger partial charge < -0.3 is 5.73 Å². The standard InChI is InChI=1S/C13H16F3N/c14-11-5-10(6-12(15)13(11)16)9-3-1-8(7-17)2-4-9/h5-6,8-9H,1-4,7,17H2. The molecule has 1 aromatic carbocycles. The molecular formula is C13H16F3N. The molecule has 0 unspecified atom stereocenters. The van der Waals surface area contributed by atoms with Crippen LogP contribution in [-0.4, -0.2) is 6.54 Å². The third-order valence-electron chi connectivity index (χ3n) is 3.66. The van der Waals surface area contributed by atoms with Crippen LogP contribution in [0.4, 0.5) is 13.2 Å². The third-order valence-corrected chi connectivity index (χ3v) is 3.66. The molecule has 1 aromatic rings. The predicted molar refractivity (Wildman–Crippen MR) is 60.1 cm³/mol. The van der Waals surface area contributed by atoms with Crippen molar-refractivity contribution in [2.75, 3.05) is 6.54 Å². The molecule has 0 saturated heterocycles. The maximum Gasteiger partial charge on any atom is 0.194 e. The van der Waals surface area contributed by atoms with Crippen molar-refractivity contribution in [1.82, 2.24) is 0 Å². The van der Waals surface area contributed by atoms with Crippen molar-refractivity contribution in [3.63, 3.8) is 0 Å². The van der Waals surface area contributed by atoms with E-state index in [1.165, 1.54) is 0 Å². The maximum absolute atomic E-state index is 13.1. The molecule has 94 valence electrons. The van der Waals surface area contributed by atoms with Gasteiger partial charge in [0.2, 0.25) is 0 Å². The van der Waals surface area contributed by atoms with Crippen LogP contribution in [0, 0.1) is 23.4 Å². The molecule has 0 heterocycles. The summed E-state index contributed by atoms with van der Waals surface area (Å²) >= 11 is 0. The normalized spacial score (nSPS) is 24.9. The molecule has 1 nitrogen and oxygen atoms in total. The first-order chi connectivity index (χ1) is 8.11. The van der Waals surface area contributed by atoms with E-state index >= 15 is 0 Å². The van der Waals surface area contributed by atoms with Gasteiger partial charge in [-0.3, -0.25) is 0 Å². The molecule has 0 radical (unpaired) electrons. The molecule has 2 N–H and O–H groups in total. The van der Waals surface area contributed by atoms with Crippen molar-refractivity contribution in [2.45, 2.75) is 31.6 Å². The Labute approximate surface area is 98.8 Å². The number of nitrogens with two attached hydrogens (primary N) is 1. The molecule has 4 heteroatoms. The monoisotopic (exact) mass is 243 g/mol. The smallest absolute Gasteiger partial charge is 0.194 e. The second-order valence-electron chi connectivity index (χ2n) is 4.75. The topological polar surface area (TPSA) is 26.0 Å². The van der Waals surface area contributed by atoms with E-state index in [1.807, 2.05) is 0 Å². The highest BCUT2D eigenvalue weighted by atomic mass is 19.2. The number of hydrogen-bond donors (Lipinski definition) is 1. The van der Waals surface area contributed by atoms with Gasteiger partial charge in [-0.1, -0.05) is 0 Å². The lowest BCUT2D eigenvalue weighted by Gasteiger charge is -2.28. The Bertz CT molecular complexity index is 375. The van der Waals surface area contributed by atoms with Crippen molar-refractivity contribution in [3.05, 3.63) is 35.1 Å². The highest BCUT2D eigenvalue weighted by molar-refractivity contribution is 5.23. The summed E-state index contributed by atoms with van der Waals surface area (Å²) in [5, 5.41) is 0. The summed E-state index contributed by atoms with van der Waals surface area (Å²) in [4.78, 5) is 0. The average Bonchev–Trinajstić information content (AvgIpc) is 2.35. The molecule has 1 aliphatic carbocycles. The summed E-state index contributed by atoms with van der Waals surface area (Å²) in [7, 11) is 0. The summed E-state index contributed by atoms with van der Waals surface area (Å²) in [5.74, 6) is -2.94. The minimum atomic E-state index is -1.38. The fourth-order valence-electron chi connectivity index (χ4n) is 2.54. The highest BCUT2D eigenvalue weighted by Gasteiger charge is 2.23. The highest BCUT2D eigenvalue weighted by Crippen LogP contribution is 2.36. The van der Waals surface area contributed by atoms with Gasteiger partial charge in [-0.2, -0.15) is 0 Å². The SMILES string of the molecule is NCC1CCC(c2cc(F)c(F)c(F)c2)CC1. The molecule has 1 fully saturated rings. The fraction of sp³-hybridized carbons (Fsp3) is 0.538. The first-order valence-electron chi connectivity index (χ1n) is 5.96. The van der Waals surface area contributed by atoms with Gasteiger partial charge in [-0.05, 0) is 61.8 Å². The second kappa shape index (κ2) is 5.08. The van der Waals surface area contributed by atoms with Crippen LogP contribution in [0.1, 0.15) is 37.2 Å². The Morgan fingerprint density at radius 3 is 2.00 bits per heavy atom. The largest absolute Gasteiger partial charge is 0.330 e. The maximum atomic E-state index is 13.1. The molecule has 0 aliphatic heterocycles. The van der Waals surface area contributed by atoms with E-state index in [0.717, 1.165) is 37.8 Å². The fourth-order valence-corrected chi connectivity index (χ4v) is 2.54. The summed E-state index contributed by atoms with van der Waals surface area (Å²) < 4.78 is 39.0. The molecule has 0 bridgehead atoms. The minimum absolute atomic E-state index is 0.127. The van der Waals surface area contributed by atoms with Crippen LogP contribution in [-0.2, 0) is 0 Å². The van der Waals surface area contributed by atoms with Gasteiger partial charge in [0.1, 0.15) is 0 Å². The van der Waals surface area contributed by atoms with Crippen molar-refractivity contribution in [2.24, 2.45) is 11.7 Å². The lowest BCUT2D eigenvalue weighted by atomic mass is 9.79. The average molecular weight is 243 g/mol. The first-order valence-corrected chi connectivity index (χ1v) is 5.96. The number of halogens is 3. The van der Waals surface area contributed by atoms with Gasteiger partial charge >= 0.3 is 0 Å². The van der Waals surface area contributed by atoms with Gasteiger partial charge in [0, 0.05) is 0 Å². The molecule has 0 aromatic heterocycles. The van der Waals surface area contributed by atoms with Gasteiger partial charge in [-0.25, -0.2) is 13.2 Å². The second-order valence-corrected chi connectivity index (χ2v) is 4.75. The van der Waals surface area contributed by atoms with E-state index < -0.39 is 17.5 Å². The van der Waals surface area contributed by atoms with E-state index in [-0.39, 0.29) is 5.92 Å². The molecule has 0 amide bonds.